The summed E-state index contributed by atoms with van der Waals surface area (Å²) < 4.78 is 0. The topological polar surface area (TPSA) is 63.2 Å². The summed E-state index contributed by atoms with van der Waals surface area (Å²) in [6, 6.07) is 0. The Morgan fingerprint density at radius 3 is 1.29 bits per heavy atom. The van der Waals surface area contributed by atoms with Crippen LogP contribution < -0.4 is 99.3 Å². The molecule has 6 heteroatoms. The molecule has 0 atom stereocenters. The fourth-order valence-corrected chi connectivity index (χ4v) is 0. The van der Waals surface area contributed by atoms with Gasteiger partial charge < -0.3 is 16.4 Å². The fraction of sp³-hybridized carbons (Fsp3) is 0. The van der Waals surface area contributed by atoms with Gasteiger partial charge in [0.25, 0.3) is 0 Å². The second-order valence-electron chi connectivity index (χ2n) is 0.250. The zero-order valence-electron chi connectivity index (χ0n) is 5.72. The summed E-state index contributed by atoms with van der Waals surface area (Å²) in [5, 5.41) is 16.7. The van der Waals surface area contributed by atoms with Crippen molar-refractivity contribution in [2.24, 2.45) is 0 Å². The van der Waals surface area contributed by atoms with Crippen molar-refractivity contribution in [2.75, 3.05) is 0 Å². The van der Waals surface area contributed by atoms with E-state index in [9.17, 15) is 0 Å². The maximum absolute atomic E-state index is 8.33. The van der Waals surface area contributed by atoms with Gasteiger partial charge in [-0.25, -0.2) is 0 Å². The van der Waals surface area contributed by atoms with E-state index in [0.717, 1.165) is 0 Å². The summed E-state index contributed by atoms with van der Waals surface area (Å²) >= 11 is 0. The molecule has 0 aliphatic heterocycles. The molecule has 0 fully saturated rings. The third kappa shape index (κ3) is 68.3. The van der Waals surface area contributed by atoms with Crippen molar-refractivity contribution in [3.05, 3.63) is 0 Å². The number of carboxylic acid groups (broad SMARTS) is 2. The molecule has 0 aromatic carbocycles. The molecule has 0 saturated heterocycles. The Hall–Kier alpha value is 2.10. The van der Waals surface area contributed by atoms with E-state index in [-0.39, 0.29) is 90.5 Å². The second kappa shape index (κ2) is 15.7. The van der Waals surface area contributed by atoms with Crippen LogP contribution in [0.3, 0.4) is 0 Å². The van der Waals surface area contributed by atoms with Crippen molar-refractivity contribution in [3.8, 4) is 0 Å². The van der Waals surface area contributed by atoms with E-state index in [1.807, 2.05) is 0 Å². The van der Waals surface area contributed by atoms with E-state index < -0.39 is 6.16 Å². The van der Waals surface area contributed by atoms with Crippen LogP contribution in [0.4, 0.5) is 4.79 Å². The average molecular weight is 114 g/mol. The number of rotatable bonds is 0. The predicted octanol–water partition coefficient (Wildman–Crippen LogP) is -11.3. The van der Waals surface area contributed by atoms with E-state index in [2.05, 4.69) is 0 Å². The summed E-state index contributed by atoms with van der Waals surface area (Å²) in [6.07, 6.45) is -2.33. The molecular formula is CHKLi2O3. The molecule has 0 saturated carbocycles. The first-order valence-corrected chi connectivity index (χ1v) is 0.612. The normalized spacial score (nSPS) is 3.43. The summed E-state index contributed by atoms with van der Waals surface area (Å²) in [7, 11) is 0. The van der Waals surface area contributed by atoms with Crippen LogP contribution in [-0.2, 0) is 0 Å². The molecule has 0 rings (SSSR count). The minimum atomic E-state index is -2.33. The maximum Gasteiger partial charge on any atom is 1.00 e. The van der Waals surface area contributed by atoms with Crippen LogP contribution in [0.15, 0.2) is 0 Å². The van der Waals surface area contributed by atoms with Crippen molar-refractivity contribution < 1.29 is 106 Å². The van der Waals surface area contributed by atoms with Gasteiger partial charge >= 0.3 is 89.1 Å². The van der Waals surface area contributed by atoms with Crippen molar-refractivity contribution in [1.82, 2.24) is 0 Å². The van der Waals surface area contributed by atoms with E-state index in [1.54, 1.807) is 0 Å². The predicted molar refractivity (Wildman–Crippen MR) is 6.51 cm³/mol. The average Bonchev–Trinajstić information content (AvgIpc) is 0.811. The minimum Gasteiger partial charge on any atom is -1.00 e. The molecule has 26 valence electrons. The van der Waals surface area contributed by atoms with Crippen LogP contribution in [0.5, 0.6) is 0 Å². The van der Waals surface area contributed by atoms with Gasteiger partial charge in [0.1, 0.15) is 0 Å². The smallest absolute Gasteiger partial charge is 1.00 e. The molecule has 3 nitrogen and oxygen atoms in total. The summed E-state index contributed by atoms with van der Waals surface area (Å²) in [5.41, 5.74) is 0. The molecule has 0 radical (unpaired) electrons. The van der Waals surface area contributed by atoms with E-state index >= 15 is 0 Å². The van der Waals surface area contributed by atoms with Crippen molar-refractivity contribution >= 4 is 6.16 Å². The largest absolute Gasteiger partial charge is 1.00 e. The van der Waals surface area contributed by atoms with Gasteiger partial charge in [-0.2, -0.15) is 0 Å². The van der Waals surface area contributed by atoms with Crippen LogP contribution in [-0.4, -0.2) is 6.16 Å². The van der Waals surface area contributed by atoms with Gasteiger partial charge in [-0.1, -0.05) is 0 Å². The van der Waals surface area contributed by atoms with Gasteiger partial charge in [0, 0.05) is 0 Å². The van der Waals surface area contributed by atoms with Gasteiger partial charge in [-0.3, -0.25) is 0 Å². The van der Waals surface area contributed by atoms with Crippen LogP contribution in [0.25, 0.3) is 0 Å². The molecule has 0 aromatic rings. The molecule has 0 unspecified atom stereocenters. The molecule has 0 aliphatic carbocycles. The van der Waals surface area contributed by atoms with Gasteiger partial charge in [-0.05, 0) is 6.16 Å². The Balaban J connectivity index is -0.00000000750. The van der Waals surface area contributed by atoms with Crippen LogP contribution in [0.1, 0.15) is 1.43 Å². The van der Waals surface area contributed by atoms with Crippen LogP contribution in [0, 0.1) is 0 Å². The third-order valence-corrected chi connectivity index (χ3v) is 0. The third-order valence-electron chi connectivity index (χ3n) is 0. The van der Waals surface area contributed by atoms with Gasteiger partial charge in [0.2, 0.25) is 0 Å². The molecule has 0 spiro atoms. The van der Waals surface area contributed by atoms with E-state index in [1.165, 1.54) is 0 Å². The minimum absolute atomic E-state index is 0. The van der Waals surface area contributed by atoms with Crippen molar-refractivity contribution in [2.45, 2.75) is 0 Å². The first kappa shape index (κ1) is 23.0. The summed E-state index contributed by atoms with van der Waals surface area (Å²) in [4.78, 5) is 8.33. The number of carbonyl (C=O) groups is 1. The Labute approximate surface area is 109 Å². The standard InChI is InChI=1S/CH2O3.K.2Li.H/c2-1(3)4;;;;/h(H2,2,3,4);;;;/q;3*+1;-1/p-2. The second-order valence-corrected chi connectivity index (χ2v) is 0.250. The van der Waals surface area contributed by atoms with Crippen LogP contribution in [0.2, 0.25) is 0 Å². The van der Waals surface area contributed by atoms with Gasteiger partial charge in [0.15, 0.2) is 0 Å². The molecule has 7 heavy (non-hydrogen) atoms. The molecule has 0 heterocycles. The monoisotopic (exact) mass is 114 g/mol. The Morgan fingerprint density at radius 2 is 1.29 bits per heavy atom. The molecule has 0 amide bonds. The molecule has 0 N–H and O–H groups in total. The zero-order valence-corrected chi connectivity index (χ0v) is 7.85. The number of hydrogen-bond donors (Lipinski definition) is 0. The number of carbonyl (C=O) groups excluding carboxylic acids is 1. The summed E-state index contributed by atoms with van der Waals surface area (Å²) in [6.45, 7) is 0. The molecule has 0 aromatic heterocycles. The molecule has 0 bridgehead atoms. The van der Waals surface area contributed by atoms with Gasteiger partial charge in [-0.15, -0.1) is 0 Å². The summed E-state index contributed by atoms with van der Waals surface area (Å²) in [5.74, 6) is 0. The maximum atomic E-state index is 8.33. The molecule has 0 aliphatic rings. The zero-order chi connectivity index (χ0) is 3.58. The Kier molecular flexibility index (Phi) is 51.5. The SMILES string of the molecule is O=C([O-])[O-].[H-].[K+].[Li+].[Li+]. The first-order chi connectivity index (χ1) is 1.73. The van der Waals surface area contributed by atoms with Gasteiger partial charge in [0.05, 0.1) is 0 Å². The fourth-order valence-electron chi connectivity index (χ4n) is 0. The van der Waals surface area contributed by atoms with E-state index in [4.69, 9.17) is 15.0 Å². The Bertz CT molecular complexity index is 40.3. The Morgan fingerprint density at radius 1 is 1.29 bits per heavy atom. The molecular weight excluding hydrogens is 113 g/mol. The quantitative estimate of drug-likeness (QED) is 0.294. The van der Waals surface area contributed by atoms with Crippen molar-refractivity contribution in [3.63, 3.8) is 0 Å². The number of hydrogen-bond acceptors (Lipinski definition) is 3. The van der Waals surface area contributed by atoms with E-state index in [0.29, 0.717) is 0 Å². The van der Waals surface area contributed by atoms with Crippen LogP contribution >= 0.6 is 0 Å². The van der Waals surface area contributed by atoms with Crippen molar-refractivity contribution in [1.29, 1.82) is 0 Å². The first-order valence-electron chi connectivity index (χ1n) is 0.612.